The maximum absolute atomic E-state index is 10.2. The molecule has 0 radical (unpaired) electrons. The summed E-state index contributed by atoms with van der Waals surface area (Å²) in [5.41, 5.74) is 16.5. The second-order valence-electron chi connectivity index (χ2n) is 10.3. The molecule has 0 unspecified atom stereocenters. The van der Waals surface area contributed by atoms with Crippen LogP contribution in [0.1, 0.15) is 18.4 Å². The first-order valence-corrected chi connectivity index (χ1v) is 14.0. The van der Waals surface area contributed by atoms with Crippen LogP contribution >= 0.6 is 0 Å². The SMILES string of the molecule is C=CN(O)Nc1cc(N=C(N)/C=C(\NN)c2ccc3c(cnn3C)c2)c(OC)cc1N1CCC(N2CCOCC2)CC1. The van der Waals surface area contributed by atoms with Gasteiger partial charge in [-0.15, -0.1) is 0 Å². The highest BCUT2D eigenvalue weighted by Crippen LogP contribution is 2.40. The van der Waals surface area contributed by atoms with Crippen LogP contribution in [-0.2, 0) is 11.8 Å². The lowest BCUT2D eigenvalue weighted by Crippen LogP contribution is -2.49. The highest BCUT2D eigenvalue weighted by Gasteiger charge is 2.27. The Labute approximate surface area is 245 Å². The van der Waals surface area contributed by atoms with Crippen LogP contribution in [0.4, 0.5) is 17.1 Å². The van der Waals surface area contributed by atoms with E-state index in [-0.39, 0.29) is 5.84 Å². The van der Waals surface area contributed by atoms with Crippen LogP contribution in [0.15, 0.2) is 60.4 Å². The molecule has 13 nitrogen and oxygen atoms in total. The minimum absolute atomic E-state index is 0.210. The number of hydrazine groups is 2. The molecule has 3 heterocycles. The molecule has 3 aromatic rings. The van der Waals surface area contributed by atoms with E-state index in [2.05, 4.69) is 37.3 Å². The molecule has 2 saturated heterocycles. The number of methoxy groups -OCH3 is 1. The van der Waals surface area contributed by atoms with E-state index in [1.54, 1.807) is 25.4 Å². The van der Waals surface area contributed by atoms with Crippen molar-refractivity contribution >= 4 is 39.5 Å². The molecule has 5 rings (SSSR count). The first kappa shape index (κ1) is 29.2. The fraction of sp³-hybridized carbons (Fsp3) is 0.379. The molecule has 0 saturated carbocycles. The van der Waals surface area contributed by atoms with Gasteiger partial charge in [-0.05, 0) is 36.6 Å². The van der Waals surface area contributed by atoms with Crippen LogP contribution in [0.3, 0.4) is 0 Å². The van der Waals surface area contributed by atoms with Crippen molar-refractivity contribution in [2.45, 2.75) is 18.9 Å². The summed E-state index contributed by atoms with van der Waals surface area (Å²) in [6, 6.07) is 10.1. The summed E-state index contributed by atoms with van der Waals surface area (Å²) >= 11 is 0. The first-order chi connectivity index (χ1) is 20.4. The van der Waals surface area contributed by atoms with Gasteiger partial charge in [0.05, 0.1) is 49.1 Å². The number of anilines is 2. The number of amidine groups is 1. The molecular weight excluding hydrogens is 536 g/mol. The van der Waals surface area contributed by atoms with Crippen LogP contribution in [0.5, 0.6) is 5.75 Å². The zero-order valence-corrected chi connectivity index (χ0v) is 24.2. The van der Waals surface area contributed by atoms with Gasteiger partial charge in [-0.3, -0.25) is 26.1 Å². The number of rotatable bonds is 10. The normalized spacial score (nSPS) is 17.4. The molecule has 2 fully saturated rings. The summed E-state index contributed by atoms with van der Waals surface area (Å²) in [7, 11) is 3.49. The predicted octanol–water partition coefficient (Wildman–Crippen LogP) is 2.54. The lowest BCUT2D eigenvalue weighted by atomic mass is 10.0. The van der Waals surface area contributed by atoms with Gasteiger partial charge in [0.1, 0.15) is 17.3 Å². The summed E-state index contributed by atoms with van der Waals surface area (Å²) in [5.74, 6) is 6.62. The molecule has 7 N–H and O–H groups in total. The Bertz CT molecular complexity index is 1460. The third-order valence-electron chi connectivity index (χ3n) is 7.83. The van der Waals surface area contributed by atoms with Crippen molar-refractivity contribution in [1.82, 2.24) is 25.3 Å². The van der Waals surface area contributed by atoms with Gasteiger partial charge in [-0.25, -0.2) is 4.99 Å². The van der Waals surface area contributed by atoms with Gasteiger partial charge in [0.25, 0.3) is 0 Å². The molecule has 1 aromatic heterocycles. The van der Waals surface area contributed by atoms with Crippen molar-refractivity contribution in [1.29, 1.82) is 0 Å². The Hall–Kier alpha value is -4.30. The molecule has 224 valence electrons. The molecule has 13 heteroatoms. The molecule has 0 spiro atoms. The predicted molar refractivity (Wildman–Crippen MR) is 165 cm³/mol. The standard InChI is InChI=1S/C29H40N10O3/c1-4-39(40)35-24-16-25(33-29(30)17-23(34-31)20-5-6-26-21(15-20)19-32-36(26)2)28(41-3)18-27(24)38-9-7-22(8-10-38)37-11-13-42-14-12-37/h4-6,15-19,22,34-35,40H,1,7-14,31H2,2-3H3,(H2,30,33)/b23-17-. The summed E-state index contributed by atoms with van der Waals surface area (Å²) in [4.78, 5) is 9.46. The zero-order valence-electron chi connectivity index (χ0n) is 24.2. The van der Waals surface area contributed by atoms with Crippen molar-refractivity contribution < 1.29 is 14.7 Å². The highest BCUT2D eigenvalue weighted by atomic mass is 16.5. The van der Waals surface area contributed by atoms with Gasteiger partial charge >= 0.3 is 0 Å². The molecule has 0 amide bonds. The van der Waals surface area contributed by atoms with Gasteiger partial charge in [0.2, 0.25) is 0 Å². The largest absolute Gasteiger partial charge is 0.494 e. The quantitative estimate of drug-likeness (QED) is 0.105. The van der Waals surface area contributed by atoms with Crippen LogP contribution in [-0.4, -0.2) is 83.4 Å². The average molecular weight is 577 g/mol. The number of ether oxygens (including phenoxy) is 2. The molecule has 2 aromatic carbocycles. The van der Waals surface area contributed by atoms with Gasteiger partial charge in [0.15, 0.2) is 0 Å². The Morgan fingerprint density at radius 1 is 1.21 bits per heavy atom. The van der Waals surface area contributed by atoms with Crippen LogP contribution in [0, 0.1) is 0 Å². The van der Waals surface area contributed by atoms with E-state index in [1.165, 1.54) is 6.20 Å². The number of fused-ring (bicyclic) bond motifs is 1. The second-order valence-corrected chi connectivity index (χ2v) is 10.3. The summed E-state index contributed by atoms with van der Waals surface area (Å²) < 4.78 is 13.1. The van der Waals surface area contributed by atoms with E-state index in [0.29, 0.717) is 28.9 Å². The van der Waals surface area contributed by atoms with Crippen molar-refractivity contribution in [2.24, 2.45) is 23.6 Å². The van der Waals surface area contributed by atoms with E-state index >= 15 is 0 Å². The number of aryl methyl sites for hydroxylation is 1. The number of piperidine rings is 1. The molecule has 0 bridgehead atoms. The Morgan fingerprint density at radius 3 is 2.67 bits per heavy atom. The number of morpholine rings is 1. The maximum atomic E-state index is 10.2. The Kier molecular flexibility index (Phi) is 9.12. The molecule has 0 atom stereocenters. The van der Waals surface area contributed by atoms with Crippen molar-refractivity contribution in [3.05, 3.63) is 60.9 Å². The summed E-state index contributed by atoms with van der Waals surface area (Å²) in [6.07, 6.45) is 6.80. The van der Waals surface area contributed by atoms with Gasteiger partial charge in [0, 0.05) is 63.0 Å². The van der Waals surface area contributed by atoms with E-state index in [1.807, 2.05) is 36.0 Å². The van der Waals surface area contributed by atoms with Crippen molar-refractivity contribution in [2.75, 3.05) is 56.8 Å². The van der Waals surface area contributed by atoms with Crippen LogP contribution < -0.4 is 32.1 Å². The van der Waals surface area contributed by atoms with Crippen molar-refractivity contribution in [3.63, 3.8) is 0 Å². The van der Waals surface area contributed by atoms with E-state index in [4.69, 9.17) is 21.1 Å². The maximum Gasteiger partial charge on any atom is 0.146 e. The number of benzene rings is 2. The molecule has 2 aliphatic heterocycles. The van der Waals surface area contributed by atoms with Crippen LogP contribution in [0.25, 0.3) is 16.6 Å². The van der Waals surface area contributed by atoms with Crippen molar-refractivity contribution in [3.8, 4) is 5.75 Å². The van der Waals surface area contributed by atoms with E-state index in [0.717, 1.165) is 79.6 Å². The number of nitrogens with zero attached hydrogens (tertiary/aromatic N) is 6. The summed E-state index contributed by atoms with van der Waals surface area (Å²) in [6.45, 7) is 8.90. The number of aliphatic imine (C=N–C) groups is 1. The molecule has 0 aliphatic carbocycles. The van der Waals surface area contributed by atoms with E-state index in [9.17, 15) is 5.21 Å². The smallest absolute Gasteiger partial charge is 0.146 e. The molecule has 2 aliphatic rings. The third kappa shape index (κ3) is 6.44. The molecule has 42 heavy (non-hydrogen) atoms. The lowest BCUT2D eigenvalue weighted by Gasteiger charge is -2.41. The van der Waals surface area contributed by atoms with Gasteiger partial charge in [-0.2, -0.15) is 10.3 Å². The van der Waals surface area contributed by atoms with E-state index < -0.39 is 0 Å². The fourth-order valence-electron chi connectivity index (χ4n) is 5.60. The topological polar surface area (TPSA) is 155 Å². The second kappa shape index (κ2) is 13.1. The van der Waals surface area contributed by atoms with Crippen LogP contribution in [0.2, 0.25) is 0 Å². The number of hydroxylamine groups is 1. The highest BCUT2D eigenvalue weighted by molar-refractivity contribution is 6.00. The number of hydrogen-bond donors (Lipinski definition) is 5. The zero-order chi connectivity index (χ0) is 29.6. The van der Waals surface area contributed by atoms with Gasteiger partial charge < -0.3 is 25.5 Å². The third-order valence-corrected chi connectivity index (χ3v) is 7.83. The average Bonchev–Trinajstić information content (AvgIpc) is 3.40. The lowest BCUT2D eigenvalue weighted by molar-refractivity contribution is -0.0137. The monoisotopic (exact) mass is 576 g/mol. The minimum atomic E-state index is 0.210. The minimum Gasteiger partial charge on any atom is -0.494 e. The van der Waals surface area contributed by atoms with Gasteiger partial charge in [-0.1, -0.05) is 12.6 Å². The Balaban J connectivity index is 1.42. The number of nitrogens with two attached hydrogens (primary N) is 2. The fourth-order valence-corrected chi connectivity index (χ4v) is 5.60. The summed E-state index contributed by atoms with van der Waals surface area (Å²) in [5, 5.41) is 16.3. The molecular formula is C29H40N10O3. The number of aromatic nitrogens is 2. The first-order valence-electron chi connectivity index (χ1n) is 14.0. The Morgan fingerprint density at radius 2 is 1.98 bits per heavy atom. The number of hydrogen-bond acceptors (Lipinski definition) is 11. The number of nitrogens with one attached hydrogen (secondary N) is 2.